The summed E-state index contributed by atoms with van der Waals surface area (Å²) in [6.45, 7) is 8.13. The molecule has 1 N–H and O–H groups in total. The highest BCUT2D eigenvalue weighted by Crippen LogP contribution is 2.08. The zero-order valence-electron chi connectivity index (χ0n) is 10.5. The Hall–Kier alpha value is -0.390. The Labute approximate surface area is 109 Å². The second-order valence-electron chi connectivity index (χ2n) is 4.73. The van der Waals surface area contributed by atoms with Crippen LogP contribution in [0, 0.1) is 0 Å². The van der Waals surface area contributed by atoms with Crippen molar-refractivity contribution in [1.82, 2.24) is 15.1 Å². The highest BCUT2D eigenvalue weighted by atomic mass is 32.1. The fourth-order valence-electron chi connectivity index (χ4n) is 2.35. The van der Waals surface area contributed by atoms with Crippen LogP contribution in [-0.2, 0) is 4.74 Å². The Balaban J connectivity index is 1.58. The molecule has 0 saturated carbocycles. The second-order valence-corrected chi connectivity index (χ2v) is 5.12. The molecule has 0 aromatic heterocycles. The van der Waals surface area contributed by atoms with Crippen LogP contribution in [0.4, 0.5) is 0 Å². The summed E-state index contributed by atoms with van der Waals surface area (Å²) in [5.41, 5.74) is 0. The Morgan fingerprint density at radius 2 is 1.76 bits per heavy atom. The molecule has 2 heterocycles. The molecular weight excluding hydrogens is 234 g/mol. The van der Waals surface area contributed by atoms with Crippen LogP contribution in [0.2, 0.25) is 0 Å². The van der Waals surface area contributed by atoms with E-state index >= 15 is 0 Å². The van der Waals surface area contributed by atoms with Crippen molar-refractivity contribution in [2.75, 3.05) is 52.5 Å². The van der Waals surface area contributed by atoms with Crippen molar-refractivity contribution in [1.29, 1.82) is 0 Å². The molecule has 0 radical (unpaired) electrons. The molecule has 4 nitrogen and oxygen atoms in total. The van der Waals surface area contributed by atoms with Crippen LogP contribution in [0.3, 0.4) is 0 Å². The smallest absolute Gasteiger partial charge is 0.168 e. The molecule has 0 aromatic carbocycles. The molecule has 0 unspecified atom stereocenters. The molecule has 0 aromatic rings. The highest BCUT2D eigenvalue weighted by molar-refractivity contribution is 7.80. The maximum Gasteiger partial charge on any atom is 0.168 e. The molecule has 2 aliphatic heterocycles. The summed E-state index contributed by atoms with van der Waals surface area (Å²) < 4.78 is 5.33. The molecule has 2 aliphatic rings. The Morgan fingerprint density at radius 1 is 1.06 bits per heavy atom. The van der Waals surface area contributed by atoms with Crippen LogP contribution < -0.4 is 5.32 Å². The summed E-state index contributed by atoms with van der Waals surface area (Å²) in [5.74, 6) is 0. The maximum absolute atomic E-state index is 5.41. The van der Waals surface area contributed by atoms with Crippen LogP contribution in [-0.4, -0.2) is 67.4 Å². The lowest BCUT2D eigenvalue weighted by Gasteiger charge is -2.31. The van der Waals surface area contributed by atoms with Gasteiger partial charge in [0.05, 0.1) is 13.2 Å². The maximum atomic E-state index is 5.41. The van der Waals surface area contributed by atoms with E-state index in [1.807, 2.05) is 0 Å². The van der Waals surface area contributed by atoms with Gasteiger partial charge in [0.1, 0.15) is 0 Å². The normalized spacial score (nSPS) is 22.5. The van der Waals surface area contributed by atoms with Crippen LogP contribution in [0.5, 0.6) is 0 Å². The number of hydrogen-bond donors (Lipinski definition) is 1. The van der Waals surface area contributed by atoms with Crippen LogP contribution in [0.1, 0.15) is 19.3 Å². The molecule has 17 heavy (non-hydrogen) atoms. The fourth-order valence-corrected chi connectivity index (χ4v) is 2.64. The number of ether oxygens (including phenoxy) is 1. The molecule has 0 atom stereocenters. The first-order chi connectivity index (χ1) is 8.36. The minimum Gasteiger partial charge on any atom is -0.379 e. The summed E-state index contributed by atoms with van der Waals surface area (Å²) in [4.78, 5) is 4.73. The SMILES string of the molecule is S=C(NCCN1CCOCC1)N1CCCCC1. The number of nitrogens with zero attached hydrogens (tertiary/aromatic N) is 2. The molecule has 2 saturated heterocycles. The molecule has 0 spiro atoms. The van der Waals surface area contributed by atoms with Crippen molar-refractivity contribution < 1.29 is 4.74 Å². The number of hydrogen-bond acceptors (Lipinski definition) is 3. The second kappa shape index (κ2) is 7.13. The quantitative estimate of drug-likeness (QED) is 0.751. The van der Waals surface area contributed by atoms with Crippen LogP contribution >= 0.6 is 12.2 Å². The van der Waals surface area contributed by atoms with Crippen molar-refractivity contribution in [2.24, 2.45) is 0 Å². The molecule has 0 amide bonds. The number of piperidine rings is 1. The monoisotopic (exact) mass is 257 g/mol. The zero-order chi connectivity index (χ0) is 11.9. The molecule has 5 heteroatoms. The highest BCUT2D eigenvalue weighted by Gasteiger charge is 2.13. The standard InChI is InChI=1S/C12H23N3OS/c17-12(15-5-2-1-3-6-15)13-4-7-14-8-10-16-11-9-14/h1-11H2,(H,13,17). The molecule has 0 bridgehead atoms. The number of thiocarbonyl (C=S) groups is 1. The first-order valence-corrected chi connectivity index (χ1v) is 7.10. The lowest BCUT2D eigenvalue weighted by Crippen LogP contribution is -2.46. The van der Waals surface area contributed by atoms with E-state index in [1.165, 1.54) is 19.3 Å². The van der Waals surface area contributed by atoms with Gasteiger partial charge in [0.2, 0.25) is 0 Å². The third kappa shape index (κ3) is 4.41. The van der Waals surface area contributed by atoms with Gasteiger partial charge in [-0.05, 0) is 31.5 Å². The van der Waals surface area contributed by atoms with Crippen LogP contribution in [0.25, 0.3) is 0 Å². The van der Waals surface area contributed by atoms with E-state index in [-0.39, 0.29) is 0 Å². The predicted octanol–water partition coefficient (Wildman–Crippen LogP) is 0.679. The van der Waals surface area contributed by atoms with Gasteiger partial charge in [0.25, 0.3) is 0 Å². The van der Waals surface area contributed by atoms with Gasteiger partial charge < -0.3 is 15.0 Å². The first kappa shape index (κ1) is 13.1. The number of nitrogens with one attached hydrogen (secondary N) is 1. The van der Waals surface area contributed by atoms with E-state index in [2.05, 4.69) is 15.1 Å². The Morgan fingerprint density at radius 3 is 2.47 bits per heavy atom. The Kier molecular flexibility index (Phi) is 5.48. The van der Waals surface area contributed by atoms with Gasteiger partial charge in [-0.1, -0.05) is 0 Å². The lowest BCUT2D eigenvalue weighted by atomic mass is 10.1. The van der Waals surface area contributed by atoms with Crippen molar-refractivity contribution in [3.8, 4) is 0 Å². The molecule has 2 fully saturated rings. The Bertz CT molecular complexity index is 238. The van der Waals surface area contributed by atoms with Gasteiger partial charge >= 0.3 is 0 Å². The van der Waals surface area contributed by atoms with Gasteiger partial charge in [0, 0.05) is 39.3 Å². The van der Waals surface area contributed by atoms with E-state index in [0.29, 0.717) is 0 Å². The van der Waals surface area contributed by atoms with Crippen LogP contribution in [0.15, 0.2) is 0 Å². The van der Waals surface area contributed by atoms with Gasteiger partial charge in [-0.3, -0.25) is 4.90 Å². The van der Waals surface area contributed by atoms with E-state index < -0.39 is 0 Å². The third-order valence-corrected chi connectivity index (χ3v) is 3.85. The van der Waals surface area contributed by atoms with Crippen molar-refractivity contribution in [3.05, 3.63) is 0 Å². The summed E-state index contributed by atoms with van der Waals surface area (Å²) in [5, 5.41) is 4.32. The lowest BCUT2D eigenvalue weighted by molar-refractivity contribution is 0.0388. The van der Waals surface area contributed by atoms with Crippen molar-refractivity contribution >= 4 is 17.3 Å². The summed E-state index contributed by atoms with van der Waals surface area (Å²) >= 11 is 5.41. The van der Waals surface area contributed by atoms with Gasteiger partial charge in [-0.15, -0.1) is 0 Å². The van der Waals surface area contributed by atoms with E-state index in [1.54, 1.807) is 0 Å². The first-order valence-electron chi connectivity index (χ1n) is 6.69. The van der Waals surface area contributed by atoms with E-state index in [9.17, 15) is 0 Å². The molecular formula is C12H23N3OS. The van der Waals surface area contributed by atoms with E-state index in [4.69, 9.17) is 17.0 Å². The van der Waals surface area contributed by atoms with Crippen molar-refractivity contribution in [3.63, 3.8) is 0 Å². The fraction of sp³-hybridized carbons (Fsp3) is 0.917. The topological polar surface area (TPSA) is 27.7 Å². The predicted molar refractivity (Wildman–Crippen MR) is 73.3 cm³/mol. The average molecular weight is 257 g/mol. The number of morpholine rings is 1. The summed E-state index contributed by atoms with van der Waals surface area (Å²) in [6.07, 6.45) is 3.92. The summed E-state index contributed by atoms with van der Waals surface area (Å²) in [7, 11) is 0. The zero-order valence-corrected chi connectivity index (χ0v) is 11.3. The summed E-state index contributed by atoms with van der Waals surface area (Å²) in [6, 6.07) is 0. The molecule has 0 aliphatic carbocycles. The third-order valence-electron chi connectivity index (χ3n) is 3.45. The molecule has 2 rings (SSSR count). The average Bonchev–Trinajstić information content (AvgIpc) is 2.41. The molecule has 98 valence electrons. The van der Waals surface area contributed by atoms with Crippen molar-refractivity contribution in [2.45, 2.75) is 19.3 Å². The minimum absolute atomic E-state index is 0.872. The number of likely N-dealkylation sites (tertiary alicyclic amines) is 1. The minimum atomic E-state index is 0.872. The number of rotatable bonds is 3. The van der Waals surface area contributed by atoms with E-state index in [0.717, 1.165) is 57.6 Å². The van der Waals surface area contributed by atoms with Gasteiger partial charge in [-0.2, -0.15) is 0 Å². The van der Waals surface area contributed by atoms with Gasteiger partial charge in [0.15, 0.2) is 5.11 Å². The van der Waals surface area contributed by atoms with Gasteiger partial charge in [-0.25, -0.2) is 0 Å². The largest absolute Gasteiger partial charge is 0.379 e.